The summed E-state index contributed by atoms with van der Waals surface area (Å²) >= 11 is 0. The summed E-state index contributed by atoms with van der Waals surface area (Å²) < 4.78 is 0. The third kappa shape index (κ3) is 3.78. The number of nitrogens with two attached hydrogens (primary N) is 1. The van der Waals surface area contributed by atoms with Crippen LogP contribution in [0, 0.1) is 5.41 Å². The Morgan fingerprint density at radius 2 is 2.12 bits per heavy atom. The van der Waals surface area contributed by atoms with E-state index in [4.69, 9.17) is 5.73 Å². The van der Waals surface area contributed by atoms with Crippen LogP contribution in [0.4, 0.5) is 0 Å². The molecule has 1 amide bonds. The highest BCUT2D eigenvalue weighted by Gasteiger charge is 2.35. The van der Waals surface area contributed by atoms with Gasteiger partial charge in [0.15, 0.2) is 0 Å². The molecular formula is C13H26N2O. The summed E-state index contributed by atoms with van der Waals surface area (Å²) in [6, 6.07) is 0.0315. The molecule has 3 N–H and O–H groups in total. The smallest absolute Gasteiger partial charge is 0.221 e. The fourth-order valence-corrected chi connectivity index (χ4v) is 2.40. The van der Waals surface area contributed by atoms with Gasteiger partial charge in [-0.1, -0.05) is 26.7 Å². The number of nitrogens with one attached hydrogen (secondary N) is 1. The molecule has 0 spiro atoms. The van der Waals surface area contributed by atoms with Crippen LogP contribution in [0.25, 0.3) is 0 Å². The third-order valence-electron chi connectivity index (χ3n) is 3.93. The molecule has 1 atom stereocenters. The molecule has 0 aromatic rings. The van der Waals surface area contributed by atoms with E-state index in [1.165, 1.54) is 25.7 Å². The van der Waals surface area contributed by atoms with Gasteiger partial charge in [0.25, 0.3) is 0 Å². The van der Waals surface area contributed by atoms with E-state index in [1.54, 1.807) is 0 Å². The summed E-state index contributed by atoms with van der Waals surface area (Å²) in [5.41, 5.74) is 6.25. The highest BCUT2D eigenvalue weighted by Crippen LogP contribution is 2.42. The quantitative estimate of drug-likeness (QED) is 0.699. The van der Waals surface area contributed by atoms with Crippen molar-refractivity contribution in [2.45, 2.75) is 64.8 Å². The molecule has 0 aromatic heterocycles. The summed E-state index contributed by atoms with van der Waals surface area (Å²) in [6.07, 6.45) is 7.50. The number of amides is 1. The fourth-order valence-electron chi connectivity index (χ4n) is 2.40. The molecule has 0 saturated heterocycles. The van der Waals surface area contributed by atoms with Crippen LogP contribution >= 0.6 is 0 Å². The van der Waals surface area contributed by atoms with E-state index < -0.39 is 0 Å². The Morgan fingerprint density at radius 3 is 2.56 bits per heavy atom. The molecule has 0 radical (unpaired) electrons. The Hall–Kier alpha value is -0.570. The Balaban J connectivity index is 2.19. The average molecular weight is 226 g/mol. The molecule has 16 heavy (non-hydrogen) atoms. The van der Waals surface area contributed by atoms with Gasteiger partial charge in [-0.2, -0.15) is 0 Å². The Bertz CT molecular complexity index is 218. The minimum absolute atomic E-state index is 0.0315. The number of hydrogen-bond acceptors (Lipinski definition) is 2. The topological polar surface area (TPSA) is 55.1 Å². The Kier molecular flexibility index (Phi) is 5.26. The largest absolute Gasteiger partial charge is 0.355 e. The second kappa shape index (κ2) is 6.24. The minimum Gasteiger partial charge on any atom is -0.355 e. The van der Waals surface area contributed by atoms with Crippen molar-refractivity contribution in [3.8, 4) is 0 Å². The molecule has 0 heterocycles. The lowest BCUT2D eigenvalue weighted by Crippen LogP contribution is -2.43. The van der Waals surface area contributed by atoms with Crippen molar-refractivity contribution in [2.75, 3.05) is 6.54 Å². The SMILES string of the molecule is CCCC(N)CC(=O)NCC1(CC)CCC1. The highest BCUT2D eigenvalue weighted by molar-refractivity contribution is 5.76. The van der Waals surface area contributed by atoms with E-state index in [1.807, 2.05) is 0 Å². The monoisotopic (exact) mass is 226 g/mol. The molecule has 1 fully saturated rings. The van der Waals surface area contributed by atoms with Crippen LogP contribution in [0.5, 0.6) is 0 Å². The van der Waals surface area contributed by atoms with Crippen LogP contribution in [-0.2, 0) is 4.79 Å². The van der Waals surface area contributed by atoms with Crippen molar-refractivity contribution in [3.63, 3.8) is 0 Å². The lowest BCUT2D eigenvalue weighted by Gasteiger charge is -2.41. The van der Waals surface area contributed by atoms with Crippen molar-refractivity contribution in [2.24, 2.45) is 11.1 Å². The van der Waals surface area contributed by atoms with Crippen LogP contribution in [0.1, 0.15) is 58.8 Å². The second-order valence-electron chi connectivity index (χ2n) is 5.24. The number of hydrogen-bond donors (Lipinski definition) is 2. The van der Waals surface area contributed by atoms with E-state index in [9.17, 15) is 4.79 Å². The second-order valence-corrected chi connectivity index (χ2v) is 5.24. The lowest BCUT2D eigenvalue weighted by molar-refractivity contribution is -0.122. The van der Waals surface area contributed by atoms with E-state index >= 15 is 0 Å². The maximum Gasteiger partial charge on any atom is 0.221 e. The first kappa shape index (κ1) is 13.5. The number of carbonyl (C=O) groups excluding carboxylic acids is 1. The zero-order valence-electron chi connectivity index (χ0n) is 10.7. The van der Waals surface area contributed by atoms with Crippen LogP contribution in [0.2, 0.25) is 0 Å². The Morgan fingerprint density at radius 1 is 1.44 bits per heavy atom. The Labute approximate surface area is 99.2 Å². The van der Waals surface area contributed by atoms with Crippen LogP contribution < -0.4 is 11.1 Å². The zero-order valence-corrected chi connectivity index (χ0v) is 10.7. The fraction of sp³-hybridized carbons (Fsp3) is 0.923. The van der Waals surface area contributed by atoms with Crippen molar-refractivity contribution >= 4 is 5.91 Å². The van der Waals surface area contributed by atoms with Gasteiger partial charge < -0.3 is 11.1 Å². The standard InChI is InChI=1S/C13H26N2O/c1-3-6-11(14)9-12(16)15-10-13(4-2)7-5-8-13/h11H,3-10,14H2,1-2H3,(H,15,16). The van der Waals surface area contributed by atoms with Crippen LogP contribution in [0.3, 0.4) is 0 Å². The summed E-state index contributed by atoms with van der Waals surface area (Å²) in [5, 5.41) is 3.05. The summed E-state index contributed by atoms with van der Waals surface area (Å²) in [4.78, 5) is 11.6. The van der Waals surface area contributed by atoms with Gasteiger partial charge in [-0.05, 0) is 31.1 Å². The summed E-state index contributed by atoms with van der Waals surface area (Å²) in [7, 11) is 0. The highest BCUT2D eigenvalue weighted by atomic mass is 16.1. The minimum atomic E-state index is 0.0315. The molecular weight excluding hydrogens is 200 g/mol. The predicted octanol–water partition coefficient (Wildman–Crippen LogP) is 2.20. The predicted molar refractivity (Wildman–Crippen MR) is 67.1 cm³/mol. The first-order valence-electron chi connectivity index (χ1n) is 6.64. The van der Waals surface area contributed by atoms with Gasteiger partial charge in [0.2, 0.25) is 5.91 Å². The molecule has 1 aliphatic carbocycles. The molecule has 1 aliphatic rings. The molecule has 3 heteroatoms. The van der Waals surface area contributed by atoms with Crippen LogP contribution in [0.15, 0.2) is 0 Å². The zero-order chi connectivity index (χ0) is 12.0. The van der Waals surface area contributed by atoms with Crippen molar-refractivity contribution in [1.29, 1.82) is 0 Å². The van der Waals surface area contributed by atoms with Crippen molar-refractivity contribution in [3.05, 3.63) is 0 Å². The first-order chi connectivity index (χ1) is 7.62. The van der Waals surface area contributed by atoms with E-state index in [0.29, 0.717) is 11.8 Å². The van der Waals surface area contributed by atoms with Gasteiger partial charge in [-0.15, -0.1) is 0 Å². The summed E-state index contributed by atoms with van der Waals surface area (Å²) in [6.45, 7) is 5.16. The normalized spacial score (nSPS) is 19.9. The molecule has 0 aliphatic heterocycles. The van der Waals surface area contributed by atoms with Gasteiger partial charge in [0.05, 0.1) is 0 Å². The van der Waals surface area contributed by atoms with Crippen molar-refractivity contribution in [1.82, 2.24) is 5.32 Å². The van der Waals surface area contributed by atoms with E-state index in [-0.39, 0.29) is 11.9 Å². The molecule has 0 bridgehead atoms. The molecule has 3 nitrogen and oxygen atoms in total. The average Bonchev–Trinajstić information content (AvgIpc) is 2.17. The maximum atomic E-state index is 11.6. The van der Waals surface area contributed by atoms with Gasteiger partial charge in [-0.25, -0.2) is 0 Å². The maximum absolute atomic E-state index is 11.6. The van der Waals surface area contributed by atoms with Gasteiger partial charge in [0, 0.05) is 19.0 Å². The van der Waals surface area contributed by atoms with E-state index in [2.05, 4.69) is 19.2 Å². The summed E-state index contributed by atoms with van der Waals surface area (Å²) in [5.74, 6) is 0.126. The molecule has 1 rings (SSSR count). The van der Waals surface area contributed by atoms with E-state index in [0.717, 1.165) is 19.4 Å². The number of carbonyl (C=O) groups is 1. The van der Waals surface area contributed by atoms with Crippen LogP contribution in [-0.4, -0.2) is 18.5 Å². The molecule has 1 saturated carbocycles. The molecule has 94 valence electrons. The molecule has 0 aromatic carbocycles. The van der Waals surface area contributed by atoms with Crippen molar-refractivity contribution < 1.29 is 4.79 Å². The lowest BCUT2D eigenvalue weighted by atomic mass is 9.67. The molecule has 1 unspecified atom stereocenters. The third-order valence-corrected chi connectivity index (χ3v) is 3.93. The van der Waals surface area contributed by atoms with Gasteiger partial charge in [-0.3, -0.25) is 4.79 Å². The van der Waals surface area contributed by atoms with Gasteiger partial charge in [0.1, 0.15) is 0 Å². The first-order valence-corrected chi connectivity index (χ1v) is 6.64. The van der Waals surface area contributed by atoms with Gasteiger partial charge >= 0.3 is 0 Å². The number of rotatable bonds is 7.